The number of fused-ring (bicyclic) bond motifs is 3. The first-order chi connectivity index (χ1) is 16.5. The van der Waals surface area contributed by atoms with Crippen LogP contribution in [0, 0.1) is 5.82 Å². The Kier molecular flexibility index (Phi) is 6.35. The van der Waals surface area contributed by atoms with Gasteiger partial charge in [0.1, 0.15) is 18.2 Å². The van der Waals surface area contributed by atoms with Gasteiger partial charge in [0.05, 0.1) is 6.04 Å². The van der Waals surface area contributed by atoms with Gasteiger partial charge in [0.2, 0.25) is 0 Å². The molecule has 1 amide bonds. The first-order valence-corrected chi connectivity index (χ1v) is 11.8. The van der Waals surface area contributed by atoms with Crippen LogP contribution in [0.1, 0.15) is 27.5 Å². The number of hydrogen-bond acceptors (Lipinski definition) is 4. The smallest absolute Gasteiger partial charge is 0.254 e. The van der Waals surface area contributed by atoms with Crippen LogP contribution in [0.25, 0.3) is 11.1 Å². The first-order valence-electron chi connectivity index (χ1n) is 11.8. The summed E-state index contributed by atoms with van der Waals surface area (Å²) >= 11 is 0. The van der Waals surface area contributed by atoms with Crippen molar-refractivity contribution in [1.82, 2.24) is 14.7 Å². The van der Waals surface area contributed by atoms with Crippen LogP contribution >= 0.6 is 0 Å². The molecule has 3 aromatic carbocycles. The van der Waals surface area contributed by atoms with Gasteiger partial charge >= 0.3 is 0 Å². The minimum atomic E-state index is -0.455. The molecular weight excluding hydrogens is 429 g/mol. The van der Waals surface area contributed by atoms with Gasteiger partial charge in [-0.15, -0.1) is 0 Å². The minimum Gasteiger partial charge on any atom is -0.492 e. The summed E-state index contributed by atoms with van der Waals surface area (Å²) in [5.41, 5.74) is 5.58. The molecule has 2 aliphatic rings. The summed E-state index contributed by atoms with van der Waals surface area (Å²) < 4.78 is 19.9. The Morgan fingerprint density at radius 1 is 0.941 bits per heavy atom. The number of likely N-dealkylation sites (N-methyl/N-ethyl adjacent to an activating group) is 1. The monoisotopic (exact) mass is 459 g/mol. The Bertz CT molecular complexity index is 1140. The van der Waals surface area contributed by atoms with E-state index >= 15 is 0 Å². The average Bonchev–Trinajstić information content (AvgIpc) is 3.18. The molecule has 5 nitrogen and oxygen atoms in total. The molecule has 0 unspecified atom stereocenters. The summed E-state index contributed by atoms with van der Waals surface area (Å²) in [5.74, 6) is -0.213. The van der Waals surface area contributed by atoms with Gasteiger partial charge in [0.25, 0.3) is 5.91 Å². The molecule has 1 heterocycles. The second-order valence-corrected chi connectivity index (χ2v) is 9.23. The number of hydrogen-bond donors (Lipinski definition) is 0. The molecular formula is C28H30FN3O2. The van der Waals surface area contributed by atoms with E-state index in [9.17, 15) is 9.18 Å². The van der Waals surface area contributed by atoms with Gasteiger partial charge < -0.3 is 14.5 Å². The zero-order chi connectivity index (χ0) is 23.7. The standard InChI is InChI=1S/C28H30FN3O2/c1-30(2)15-16-34-22-18-20(17-21(29)19-22)28(33)32-13-11-31(12-14-32)27-25-9-5-3-7-23(25)24-8-4-6-10-26(24)27/h3-10,17-19,27H,11-16H2,1-2H3. The second-order valence-electron chi connectivity index (χ2n) is 9.23. The van der Waals surface area contributed by atoms with Crippen LogP contribution in [-0.2, 0) is 0 Å². The van der Waals surface area contributed by atoms with E-state index in [1.165, 1.54) is 34.4 Å². The van der Waals surface area contributed by atoms with Crippen LogP contribution in [0.5, 0.6) is 5.75 Å². The highest BCUT2D eigenvalue weighted by Crippen LogP contribution is 2.46. The predicted octanol–water partition coefficient (Wildman–Crippen LogP) is 4.29. The topological polar surface area (TPSA) is 36.0 Å². The van der Waals surface area contributed by atoms with E-state index in [4.69, 9.17) is 4.74 Å². The van der Waals surface area contributed by atoms with E-state index < -0.39 is 5.82 Å². The van der Waals surface area contributed by atoms with Crippen molar-refractivity contribution < 1.29 is 13.9 Å². The molecule has 176 valence electrons. The third-order valence-corrected chi connectivity index (χ3v) is 6.69. The van der Waals surface area contributed by atoms with E-state index in [1.54, 1.807) is 6.07 Å². The van der Waals surface area contributed by atoms with Crippen molar-refractivity contribution in [1.29, 1.82) is 0 Å². The highest BCUT2D eigenvalue weighted by Gasteiger charge is 2.35. The summed E-state index contributed by atoms with van der Waals surface area (Å²) in [5, 5.41) is 0. The van der Waals surface area contributed by atoms with Crippen molar-refractivity contribution in [3.8, 4) is 16.9 Å². The SMILES string of the molecule is CN(C)CCOc1cc(F)cc(C(=O)N2CCN(C3c4ccccc4-c4ccccc43)CC2)c1. The Hall–Kier alpha value is -3.22. The van der Waals surface area contributed by atoms with Crippen LogP contribution in [-0.4, -0.2) is 74.0 Å². The highest BCUT2D eigenvalue weighted by molar-refractivity contribution is 5.94. The normalized spacial score (nSPS) is 15.9. The summed E-state index contributed by atoms with van der Waals surface area (Å²) in [7, 11) is 3.90. The first kappa shape index (κ1) is 22.6. The third-order valence-electron chi connectivity index (χ3n) is 6.69. The van der Waals surface area contributed by atoms with E-state index in [-0.39, 0.29) is 11.9 Å². The maximum atomic E-state index is 14.2. The lowest BCUT2D eigenvalue weighted by molar-refractivity contribution is 0.0599. The quantitative estimate of drug-likeness (QED) is 0.551. The molecule has 34 heavy (non-hydrogen) atoms. The predicted molar refractivity (Wildman–Crippen MR) is 132 cm³/mol. The van der Waals surface area contributed by atoms with Gasteiger partial charge in [-0.2, -0.15) is 0 Å². The number of benzene rings is 3. The van der Waals surface area contributed by atoms with Gasteiger partial charge in [-0.25, -0.2) is 4.39 Å². The van der Waals surface area contributed by atoms with Gasteiger partial charge in [0, 0.05) is 44.4 Å². The van der Waals surface area contributed by atoms with Gasteiger partial charge in [-0.3, -0.25) is 9.69 Å². The molecule has 0 atom stereocenters. The molecule has 1 fully saturated rings. The number of carbonyl (C=O) groups is 1. The van der Waals surface area contributed by atoms with Crippen molar-refractivity contribution in [2.75, 3.05) is 53.4 Å². The van der Waals surface area contributed by atoms with Crippen LogP contribution in [0.2, 0.25) is 0 Å². The fourth-order valence-electron chi connectivity index (χ4n) is 5.00. The number of carbonyl (C=O) groups excluding carboxylic acids is 1. The molecule has 5 rings (SSSR count). The number of ether oxygens (including phenoxy) is 1. The maximum absolute atomic E-state index is 14.2. The summed E-state index contributed by atoms with van der Waals surface area (Å²) in [6, 6.07) is 21.7. The van der Waals surface area contributed by atoms with E-state index in [0.717, 1.165) is 19.6 Å². The van der Waals surface area contributed by atoms with E-state index in [0.29, 0.717) is 31.0 Å². The van der Waals surface area contributed by atoms with Crippen LogP contribution in [0.15, 0.2) is 66.7 Å². The Balaban J connectivity index is 1.28. The van der Waals surface area contributed by atoms with Crippen molar-refractivity contribution >= 4 is 5.91 Å². The van der Waals surface area contributed by atoms with Gasteiger partial charge in [-0.05, 0) is 48.5 Å². The summed E-state index contributed by atoms with van der Waals surface area (Å²) in [6.07, 6.45) is 0. The molecule has 0 N–H and O–H groups in total. The van der Waals surface area contributed by atoms with Crippen LogP contribution in [0.4, 0.5) is 4.39 Å². The van der Waals surface area contributed by atoms with E-state index in [1.807, 2.05) is 23.9 Å². The summed E-state index contributed by atoms with van der Waals surface area (Å²) in [6.45, 7) is 3.89. The van der Waals surface area contributed by atoms with Crippen molar-refractivity contribution in [2.24, 2.45) is 0 Å². The van der Waals surface area contributed by atoms with Crippen LogP contribution in [0.3, 0.4) is 0 Å². The van der Waals surface area contributed by atoms with Gasteiger partial charge in [0.15, 0.2) is 0 Å². The number of piperazine rings is 1. The lowest BCUT2D eigenvalue weighted by Gasteiger charge is -2.38. The molecule has 0 bridgehead atoms. The maximum Gasteiger partial charge on any atom is 0.254 e. The second kappa shape index (κ2) is 9.57. The fourth-order valence-corrected chi connectivity index (χ4v) is 5.00. The molecule has 0 saturated carbocycles. The number of amides is 1. The molecule has 0 aromatic heterocycles. The average molecular weight is 460 g/mol. The number of halogens is 1. The third kappa shape index (κ3) is 4.43. The highest BCUT2D eigenvalue weighted by atomic mass is 19.1. The lowest BCUT2D eigenvalue weighted by Crippen LogP contribution is -2.49. The van der Waals surface area contributed by atoms with E-state index in [2.05, 4.69) is 53.4 Å². The molecule has 1 saturated heterocycles. The van der Waals surface area contributed by atoms with Crippen molar-refractivity contribution in [3.63, 3.8) is 0 Å². The Morgan fingerprint density at radius 2 is 1.56 bits per heavy atom. The molecule has 3 aromatic rings. The molecule has 6 heteroatoms. The number of rotatable bonds is 6. The van der Waals surface area contributed by atoms with Crippen LogP contribution < -0.4 is 4.74 Å². The van der Waals surface area contributed by atoms with Gasteiger partial charge in [-0.1, -0.05) is 48.5 Å². The number of nitrogens with zero attached hydrogens (tertiary/aromatic N) is 3. The van der Waals surface area contributed by atoms with Crippen molar-refractivity contribution in [3.05, 3.63) is 89.2 Å². The minimum absolute atomic E-state index is 0.149. The largest absolute Gasteiger partial charge is 0.492 e. The van der Waals surface area contributed by atoms with Crippen molar-refractivity contribution in [2.45, 2.75) is 6.04 Å². The molecule has 0 spiro atoms. The Morgan fingerprint density at radius 3 is 2.18 bits per heavy atom. The zero-order valence-electron chi connectivity index (χ0n) is 19.7. The Labute approximate surface area is 200 Å². The molecule has 1 aliphatic heterocycles. The zero-order valence-corrected chi connectivity index (χ0v) is 19.7. The molecule has 0 radical (unpaired) electrons. The molecule has 1 aliphatic carbocycles. The summed E-state index contributed by atoms with van der Waals surface area (Å²) in [4.78, 5) is 19.5. The lowest BCUT2D eigenvalue weighted by atomic mass is 10.0. The fraction of sp³-hybridized carbons (Fsp3) is 0.321.